The second-order valence-electron chi connectivity index (χ2n) is 2.94. The molecule has 0 atom stereocenters. The molecule has 4 nitrogen and oxygen atoms in total. The maximum atomic E-state index is 4.24. The van der Waals surface area contributed by atoms with Gasteiger partial charge in [0.05, 0.1) is 0 Å². The van der Waals surface area contributed by atoms with Gasteiger partial charge in [0.25, 0.3) is 0 Å². The van der Waals surface area contributed by atoms with Crippen molar-refractivity contribution in [2.24, 2.45) is 0 Å². The number of nitrogens with one attached hydrogen (secondary N) is 1. The molecule has 0 aliphatic rings. The maximum absolute atomic E-state index is 4.24. The van der Waals surface area contributed by atoms with Crippen molar-refractivity contribution in [3.05, 3.63) is 18.0 Å². The van der Waals surface area contributed by atoms with Crippen LogP contribution in [0.4, 0.5) is 5.95 Å². The van der Waals surface area contributed by atoms with E-state index in [9.17, 15) is 0 Å². The van der Waals surface area contributed by atoms with Gasteiger partial charge in [0.2, 0.25) is 5.95 Å². The van der Waals surface area contributed by atoms with Gasteiger partial charge in [-0.25, -0.2) is 9.97 Å². The summed E-state index contributed by atoms with van der Waals surface area (Å²) in [6.07, 6.45) is 3.70. The van der Waals surface area contributed by atoms with Crippen LogP contribution in [0, 0.1) is 0 Å². The Morgan fingerprint density at radius 1 is 1.38 bits per heavy atom. The van der Waals surface area contributed by atoms with Gasteiger partial charge in [-0.2, -0.15) is 0 Å². The Labute approximate surface area is 79.0 Å². The average molecular weight is 180 g/mol. The summed E-state index contributed by atoms with van der Waals surface area (Å²) in [7, 11) is 3.89. The lowest BCUT2D eigenvalue weighted by Crippen LogP contribution is -2.19. The van der Waals surface area contributed by atoms with Gasteiger partial charge in [-0.15, -0.1) is 0 Å². The van der Waals surface area contributed by atoms with Gasteiger partial charge in [-0.05, 0) is 14.0 Å². The second kappa shape index (κ2) is 4.77. The van der Waals surface area contributed by atoms with E-state index in [-0.39, 0.29) is 0 Å². The first-order valence-corrected chi connectivity index (χ1v) is 4.44. The molecule has 0 fully saturated rings. The van der Waals surface area contributed by atoms with Crippen LogP contribution >= 0.6 is 0 Å². The minimum absolute atomic E-state index is 0.780. The van der Waals surface area contributed by atoms with Crippen molar-refractivity contribution >= 4 is 5.95 Å². The van der Waals surface area contributed by atoms with E-state index in [1.54, 1.807) is 0 Å². The molecule has 0 bridgehead atoms. The molecule has 0 aromatic carbocycles. The summed E-state index contributed by atoms with van der Waals surface area (Å²) < 4.78 is 0. The molecule has 0 unspecified atom stereocenters. The lowest BCUT2D eigenvalue weighted by atomic mass is 10.3. The van der Waals surface area contributed by atoms with E-state index in [2.05, 4.69) is 22.2 Å². The zero-order valence-electron chi connectivity index (χ0n) is 8.41. The van der Waals surface area contributed by atoms with Crippen molar-refractivity contribution in [2.45, 2.75) is 13.5 Å². The molecule has 0 aliphatic carbocycles. The number of hydrogen-bond donors (Lipinski definition) is 1. The second-order valence-corrected chi connectivity index (χ2v) is 2.94. The van der Waals surface area contributed by atoms with Crippen molar-refractivity contribution in [3.8, 4) is 0 Å². The summed E-state index contributed by atoms with van der Waals surface area (Å²) in [4.78, 5) is 10.5. The molecule has 1 N–H and O–H groups in total. The van der Waals surface area contributed by atoms with Crippen molar-refractivity contribution in [1.82, 2.24) is 15.3 Å². The van der Waals surface area contributed by atoms with E-state index in [0.717, 1.165) is 24.6 Å². The third-order valence-electron chi connectivity index (χ3n) is 1.89. The summed E-state index contributed by atoms with van der Waals surface area (Å²) in [5.41, 5.74) is 1.11. The first-order chi connectivity index (χ1) is 6.27. The topological polar surface area (TPSA) is 41.1 Å². The molecule has 1 aromatic heterocycles. The standard InChI is InChI=1S/C9H16N4/c1-4-13(3)9-11-6-8(5-10-2)7-12-9/h6-7,10H,4-5H2,1-3H3. The predicted octanol–water partition coefficient (Wildman–Crippen LogP) is 0.652. The van der Waals surface area contributed by atoms with Gasteiger partial charge in [-0.1, -0.05) is 0 Å². The van der Waals surface area contributed by atoms with Crippen LogP contribution in [0.1, 0.15) is 12.5 Å². The van der Waals surface area contributed by atoms with Crippen molar-refractivity contribution in [3.63, 3.8) is 0 Å². The normalized spacial score (nSPS) is 10.1. The predicted molar refractivity (Wildman–Crippen MR) is 53.7 cm³/mol. The Kier molecular flexibility index (Phi) is 3.64. The summed E-state index contributed by atoms with van der Waals surface area (Å²) >= 11 is 0. The summed E-state index contributed by atoms with van der Waals surface area (Å²) in [6.45, 7) is 3.81. The Morgan fingerprint density at radius 2 is 2.00 bits per heavy atom. The van der Waals surface area contributed by atoms with Gasteiger partial charge >= 0.3 is 0 Å². The third-order valence-corrected chi connectivity index (χ3v) is 1.89. The number of rotatable bonds is 4. The van der Waals surface area contributed by atoms with E-state index < -0.39 is 0 Å². The average Bonchev–Trinajstić information content (AvgIpc) is 2.18. The van der Waals surface area contributed by atoms with Gasteiger partial charge in [0.15, 0.2) is 0 Å². The number of nitrogens with zero attached hydrogens (tertiary/aromatic N) is 3. The number of hydrogen-bond acceptors (Lipinski definition) is 4. The zero-order valence-corrected chi connectivity index (χ0v) is 8.41. The summed E-state index contributed by atoms with van der Waals surface area (Å²) in [5, 5.41) is 3.05. The summed E-state index contributed by atoms with van der Waals surface area (Å²) in [5.74, 6) is 0.780. The first kappa shape index (κ1) is 9.92. The minimum atomic E-state index is 0.780. The van der Waals surface area contributed by atoms with Crippen LogP contribution in [-0.2, 0) is 6.54 Å². The Hall–Kier alpha value is -1.16. The van der Waals surface area contributed by atoms with Gasteiger partial charge in [0, 0.05) is 38.1 Å². The van der Waals surface area contributed by atoms with Crippen molar-refractivity contribution in [2.75, 3.05) is 25.5 Å². The Morgan fingerprint density at radius 3 is 2.46 bits per heavy atom. The summed E-state index contributed by atoms with van der Waals surface area (Å²) in [6, 6.07) is 0. The molecule has 4 heteroatoms. The molecule has 13 heavy (non-hydrogen) atoms. The fourth-order valence-corrected chi connectivity index (χ4v) is 0.982. The van der Waals surface area contributed by atoms with E-state index in [1.165, 1.54) is 0 Å². The van der Waals surface area contributed by atoms with Gasteiger partial charge < -0.3 is 10.2 Å². The van der Waals surface area contributed by atoms with Crippen LogP contribution in [0.25, 0.3) is 0 Å². The molecule has 1 rings (SSSR count). The largest absolute Gasteiger partial charge is 0.344 e. The third kappa shape index (κ3) is 2.66. The molecule has 0 spiro atoms. The van der Waals surface area contributed by atoms with Crippen LogP contribution in [0.15, 0.2) is 12.4 Å². The first-order valence-electron chi connectivity index (χ1n) is 4.44. The lowest BCUT2D eigenvalue weighted by molar-refractivity contribution is 0.800. The molecule has 0 aliphatic heterocycles. The minimum Gasteiger partial charge on any atom is -0.344 e. The molecular formula is C9H16N4. The lowest BCUT2D eigenvalue weighted by Gasteiger charge is -2.13. The van der Waals surface area contributed by atoms with E-state index in [1.807, 2.05) is 31.4 Å². The maximum Gasteiger partial charge on any atom is 0.224 e. The molecule has 0 radical (unpaired) electrons. The fourth-order valence-electron chi connectivity index (χ4n) is 0.982. The molecule has 0 saturated carbocycles. The Balaban J connectivity index is 2.69. The van der Waals surface area contributed by atoms with Crippen LogP contribution < -0.4 is 10.2 Å². The Bertz CT molecular complexity index is 244. The highest BCUT2D eigenvalue weighted by molar-refractivity contribution is 5.27. The smallest absolute Gasteiger partial charge is 0.224 e. The highest BCUT2D eigenvalue weighted by Crippen LogP contribution is 2.03. The van der Waals surface area contributed by atoms with Crippen LogP contribution in [0.3, 0.4) is 0 Å². The monoisotopic (exact) mass is 180 g/mol. The molecule has 1 heterocycles. The van der Waals surface area contributed by atoms with Crippen LogP contribution in [0.2, 0.25) is 0 Å². The molecule has 0 amide bonds. The van der Waals surface area contributed by atoms with Gasteiger partial charge in [-0.3, -0.25) is 0 Å². The number of anilines is 1. The van der Waals surface area contributed by atoms with Crippen molar-refractivity contribution < 1.29 is 0 Å². The number of aromatic nitrogens is 2. The van der Waals surface area contributed by atoms with Gasteiger partial charge in [0.1, 0.15) is 0 Å². The van der Waals surface area contributed by atoms with E-state index in [4.69, 9.17) is 0 Å². The highest BCUT2D eigenvalue weighted by Gasteiger charge is 2.00. The zero-order chi connectivity index (χ0) is 9.68. The van der Waals surface area contributed by atoms with Crippen molar-refractivity contribution in [1.29, 1.82) is 0 Å². The molecule has 72 valence electrons. The van der Waals surface area contributed by atoms with Crippen LogP contribution in [0.5, 0.6) is 0 Å². The molecular weight excluding hydrogens is 164 g/mol. The van der Waals surface area contributed by atoms with E-state index >= 15 is 0 Å². The van der Waals surface area contributed by atoms with E-state index in [0.29, 0.717) is 0 Å². The molecule has 1 aromatic rings. The fraction of sp³-hybridized carbons (Fsp3) is 0.556. The SMILES string of the molecule is CCN(C)c1ncc(CNC)cn1. The quantitative estimate of drug-likeness (QED) is 0.738. The van der Waals surface area contributed by atoms with Crippen LogP contribution in [-0.4, -0.2) is 30.6 Å². The highest BCUT2D eigenvalue weighted by atomic mass is 15.2. The molecule has 0 saturated heterocycles.